The summed E-state index contributed by atoms with van der Waals surface area (Å²) in [6.45, 7) is 1.61. The van der Waals surface area contributed by atoms with Gasteiger partial charge in [0.1, 0.15) is 12.1 Å². The Bertz CT molecular complexity index is 1160. The Morgan fingerprint density at radius 3 is 2.20 bits per heavy atom. The molecule has 1 unspecified atom stereocenters. The quantitative estimate of drug-likeness (QED) is 0.670. The van der Waals surface area contributed by atoms with Crippen molar-refractivity contribution < 1.29 is 32.3 Å². The van der Waals surface area contributed by atoms with Gasteiger partial charge in [0.15, 0.2) is 0 Å². The summed E-state index contributed by atoms with van der Waals surface area (Å²) >= 11 is 0. The van der Waals surface area contributed by atoms with E-state index in [0.717, 1.165) is 17.0 Å². The maximum absolute atomic E-state index is 13.0. The molecular formula is C24H23F3N4O4. The Morgan fingerprint density at radius 2 is 1.57 bits per heavy atom. The molecule has 4 rings (SSSR count). The third-order valence-electron chi connectivity index (χ3n) is 6.28. The van der Waals surface area contributed by atoms with Crippen molar-refractivity contribution in [3.8, 4) is 0 Å². The molecule has 35 heavy (non-hydrogen) atoms. The van der Waals surface area contributed by atoms with E-state index in [9.17, 15) is 32.3 Å². The van der Waals surface area contributed by atoms with Crippen molar-refractivity contribution >= 4 is 23.8 Å². The first-order valence-electron chi connectivity index (χ1n) is 10.9. The Morgan fingerprint density at radius 1 is 0.943 bits per heavy atom. The second-order valence-electron chi connectivity index (χ2n) is 8.56. The zero-order valence-electron chi connectivity index (χ0n) is 18.8. The number of hydrogen-bond acceptors (Lipinski definition) is 4. The standard InChI is InChI=1S/C24H23F3N4O4/c1-23(17-7-3-2-4-8-17)21(34)31(22(35)28-23)15-19(32)29-10-12-30(13-11-29)20(33)16-6-5-9-18(14-16)24(25,26)27/h2-9,14H,10-13,15H2,1H3,(H,28,35). The van der Waals surface area contributed by atoms with Crippen LogP contribution in [0.25, 0.3) is 0 Å². The fraction of sp³-hybridized carbons (Fsp3) is 0.333. The monoisotopic (exact) mass is 488 g/mol. The molecule has 0 radical (unpaired) electrons. The molecule has 0 aromatic heterocycles. The molecule has 2 aliphatic rings. The van der Waals surface area contributed by atoms with Gasteiger partial charge in [0.25, 0.3) is 11.8 Å². The lowest BCUT2D eigenvalue weighted by molar-refractivity contribution is -0.139. The number of halogens is 3. The fourth-order valence-corrected chi connectivity index (χ4v) is 4.21. The molecule has 0 saturated carbocycles. The molecule has 5 amide bonds. The molecule has 2 saturated heterocycles. The largest absolute Gasteiger partial charge is 0.416 e. The van der Waals surface area contributed by atoms with E-state index >= 15 is 0 Å². The number of nitrogens with zero attached hydrogens (tertiary/aromatic N) is 3. The van der Waals surface area contributed by atoms with E-state index < -0.39 is 47.6 Å². The lowest BCUT2D eigenvalue weighted by Gasteiger charge is -2.35. The Balaban J connectivity index is 1.36. The van der Waals surface area contributed by atoms with Crippen molar-refractivity contribution in [3.05, 3.63) is 71.3 Å². The van der Waals surface area contributed by atoms with E-state index in [4.69, 9.17) is 0 Å². The van der Waals surface area contributed by atoms with Crippen LogP contribution in [0, 0.1) is 0 Å². The van der Waals surface area contributed by atoms with Gasteiger partial charge in [-0.05, 0) is 30.7 Å². The summed E-state index contributed by atoms with van der Waals surface area (Å²) < 4.78 is 38.9. The van der Waals surface area contributed by atoms with Gasteiger partial charge < -0.3 is 15.1 Å². The highest BCUT2D eigenvalue weighted by Crippen LogP contribution is 2.30. The predicted octanol–water partition coefficient (Wildman–Crippen LogP) is 2.46. The summed E-state index contributed by atoms with van der Waals surface area (Å²) in [5, 5.41) is 2.64. The van der Waals surface area contributed by atoms with E-state index in [1.807, 2.05) is 0 Å². The van der Waals surface area contributed by atoms with Crippen molar-refractivity contribution in [2.75, 3.05) is 32.7 Å². The number of nitrogens with one attached hydrogen (secondary N) is 1. The average Bonchev–Trinajstić information content (AvgIpc) is 3.07. The van der Waals surface area contributed by atoms with Crippen LogP contribution in [0.3, 0.4) is 0 Å². The summed E-state index contributed by atoms with van der Waals surface area (Å²) in [4.78, 5) is 54.6. The summed E-state index contributed by atoms with van der Waals surface area (Å²) in [6, 6.07) is 12.2. The Hall–Kier alpha value is -3.89. The highest BCUT2D eigenvalue weighted by Gasteiger charge is 2.49. The van der Waals surface area contributed by atoms with Crippen LogP contribution in [0.2, 0.25) is 0 Å². The van der Waals surface area contributed by atoms with E-state index in [0.29, 0.717) is 5.56 Å². The molecule has 0 aliphatic carbocycles. The summed E-state index contributed by atoms with van der Waals surface area (Å²) in [5.41, 5.74) is -1.68. The van der Waals surface area contributed by atoms with E-state index in [-0.39, 0.29) is 31.7 Å². The molecule has 11 heteroatoms. The first-order chi connectivity index (χ1) is 16.5. The van der Waals surface area contributed by atoms with Crippen molar-refractivity contribution in [1.82, 2.24) is 20.0 Å². The van der Waals surface area contributed by atoms with Gasteiger partial charge in [-0.25, -0.2) is 4.79 Å². The molecule has 1 atom stereocenters. The van der Waals surface area contributed by atoms with Gasteiger partial charge in [-0.3, -0.25) is 19.3 Å². The summed E-state index contributed by atoms with van der Waals surface area (Å²) in [5.74, 6) is -1.56. The van der Waals surface area contributed by atoms with Gasteiger partial charge in [-0.2, -0.15) is 13.2 Å². The number of amides is 5. The lowest BCUT2D eigenvalue weighted by Crippen LogP contribution is -2.53. The molecule has 8 nitrogen and oxygen atoms in total. The van der Waals surface area contributed by atoms with Crippen LogP contribution < -0.4 is 5.32 Å². The number of imide groups is 1. The normalized spacial score (nSPS) is 20.7. The minimum Gasteiger partial charge on any atom is -0.338 e. The molecular weight excluding hydrogens is 465 g/mol. The van der Waals surface area contributed by atoms with Crippen molar-refractivity contribution in [2.24, 2.45) is 0 Å². The SMILES string of the molecule is CC1(c2ccccc2)NC(=O)N(CC(=O)N2CCN(C(=O)c3cccc(C(F)(F)F)c3)CC2)C1=O. The average molecular weight is 488 g/mol. The number of benzene rings is 2. The zero-order chi connectivity index (χ0) is 25.4. The molecule has 2 heterocycles. The number of piperazine rings is 1. The first kappa shape index (κ1) is 24.2. The van der Waals surface area contributed by atoms with Gasteiger partial charge in [0.05, 0.1) is 5.56 Å². The fourth-order valence-electron chi connectivity index (χ4n) is 4.21. The highest BCUT2D eigenvalue weighted by molar-refractivity contribution is 6.09. The third kappa shape index (κ3) is 4.71. The molecule has 2 aromatic carbocycles. The second-order valence-corrected chi connectivity index (χ2v) is 8.56. The summed E-state index contributed by atoms with van der Waals surface area (Å²) in [6.07, 6.45) is -4.56. The van der Waals surface area contributed by atoms with Crippen LogP contribution in [-0.4, -0.2) is 71.2 Å². The Labute approximate surface area is 199 Å². The maximum atomic E-state index is 13.0. The number of carbonyl (C=O) groups excluding carboxylic acids is 4. The topological polar surface area (TPSA) is 90.0 Å². The van der Waals surface area contributed by atoms with Crippen LogP contribution in [0.1, 0.15) is 28.4 Å². The predicted molar refractivity (Wildman–Crippen MR) is 118 cm³/mol. The lowest BCUT2D eigenvalue weighted by atomic mass is 9.92. The van der Waals surface area contributed by atoms with E-state index in [1.54, 1.807) is 37.3 Å². The number of carbonyl (C=O) groups is 4. The molecule has 184 valence electrons. The van der Waals surface area contributed by atoms with Crippen LogP contribution in [0.5, 0.6) is 0 Å². The maximum Gasteiger partial charge on any atom is 0.416 e. The number of alkyl halides is 3. The molecule has 2 aromatic rings. The number of rotatable bonds is 4. The van der Waals surface area contributed by atoms with Gasteiger partial charge in [0, 0.05) is 31.7 Å². The Kier molecular flexibility index (Phi) is 6.27. The van der Waals surface area contributed by atoms with Crippen molar-refractivity contribution in [3.63, 3.8) is 0 Å². The zero-order valence-corrected chi connectivity index (χ0v) is 18.8. The smallest absolute Gasteiger partial charge is 0.338 e. The first-order valence-corrected chi connectivity index (χ1v) is 10.9. The van der Waals surface area contributed by atoms with Gasteiger partial charge >= 0.3 is 12.2 Å². The molecule has 2 fully saturated rings. The minimum absolute atomic E-state index is 0.0841. The second kappa shape index (κ2) is 9.05. The van der Waals surface area contributed by atoms with E-state index in [1.165, 1.54) is 21.9 Å². The van der Waals surface area contributed by atoms with Crippen LogP contribution >= 0.6 is 0 Å². The molecule has 0 bridgehead atoms. The van der Waals surface area contributed by atoms with E-state index in [2.05, 4.69) is 5.32 Å². The molecule has 2 aliphatic heterocycles. The van der Waals surface area contributed by atoms with Crippen LogP contribution in [0.4, 0.5) is 18.0 Å². The number of hydrogen-bond donors (Lipinski definition) is 1. The van der Waals surface area contributed by atoms with Crippen LogP contribution in [0.15, 0.2) is 54.6 Å². The van der Waals surface area contributed by atoms with Gasteiger partial charge in [-0.15, -0.1) is 0 Å². The number of urea groups is 1. The third-order valence-corrected chi connectivity index (χ3v) is 6.28. The molecule has 0 spiro atoms. The minimum atomic E-state index is -4.56. The highest BCUT2D eigenvalue weighted by atomic mass is 19.4. The van der Waals surface area contributed by atoms with Crippen LogP contribution in [-0.2, 0) is 21.3 Å². The van der Waals surface area contributed by atoms with Crippen molar-refractivity contribution in [1.29, 1.82) is 0 Å². The van der Waals surface area contributed by atoms with Gasteiger partial charge in [0.2, 0.25) is 5.91 Å². The summed E-state index contributed by atoms with van der Waals surface area (Å²) in [7, 11) is 0. The molecule has 1 N–H and O–H groups in total. The van der Waals surface area contributed by atoms with Crippen molar-refractivity contribution in [2.45, 2.75) is 18.6 Å². The van der Waals surface area contributed by atoms with Gasteiger partial charge in [-0.1, -0.05) is 36.4 Å².